The molecule has 1 aromatic rings. The molecule has 0 saturated carbocycles. The molecule has 1 fully saturated rings. The average Bonchev–Trinajstić information content (AvgIpc) is 2.29. The fraction of sp³-hybridized carbons (Fsp3) is 0.455. The molecule has 0 aliphatic carbocycles. The van der Waals surface area contributed by atoms with Gasteiger partial charge in [0, 0.05) is 32.4 Å². The number of carboxylic acid groups (broad SMARTS) is 1. The first-order valence-electron chi connectivity index (χ1n) is 5.43. The van der Waals surface area contributed by atoms with Crippen molar-refractivity contribution < 1.29 is 9.90 Å². The first-order valence-corrected chi connectivity index (χ1v) is 5.80. The van der Waals surface area contributed by atoms with Crippen LogP contribution in [0.5, 0.6) is 0 Å². The Morgan fingerprint density at radius 1 is 1.41 bits per heavy atom. The molecular weight excluding hydrogens is 242 g/mol. The average molecular weight is 256 g/mol. The van der Waals surface area contributed by atoms with Gasteiger partial charge in [0.15, 0.2) is 0 Å². The third-order valence-electron chi connectivity index (χ3n) is 2.81. The Morgan fingerprint density at radius 3 is 2.59 bits per heavy atom. The van der Waals surface area contributed by atoms with Gasteiger partial charge < -0.3 is 14.9 Å². The van der Waals surface area contributed by atoms with Crippen LogP contribution in [-0.2, 0) is 0 Å². The maximum atomic E-state index is 10.8. The summed E-state index contributed by atoms with van der Waals surface area (Å²) in [4.78, 5) is 18.5. The molecule has 17 heavy (non-hydrogen) atoms. The standard InChI is InChI=1S/C11H14ClN3O2/c1-8-6-9(12)10(13-7-8)14-2-4-15(5-3-14)11(16)17/h6-7H,2-5H2,1H3,(H,16,17). The van der Waals surface area contributed by atoms with Gasteiger partial charge in [-0.2, -0.15) is 0 Å². The SMILES string of the molecule is Cc1cnc(N2CCN(C(=O)O)CC2)c(Cl)c1. The summed E-state index contributed by atoms with van der Waals surface area (Å²) in [5.41, 5.74) is 1.02. The van der Waals surface area contributed by atoms with E-state index in [-0.39, 0.29) is 0 Å². The quantitative estimate of drug-likeness (QED) is 0.832. The number of anilines is 1. The monoisotopic (exact) mass is 255 g/mol. The third-order valence-corrected chi connectivity index (χ3v) is 3.09. The molecule has 1 aromatic heterocycles. The summed E-state index contributed by atoms with van der Waals surface area (Å²) in [6, 6.07) is 1.87. The smallest absolute Gasteiger partial charge is 0.407 e. The van der Waals surface area contributed by atoms with Gasteiger partial charge in [-0.25, -0.2) is 9.78 Å². The molecule has 1 saturated heterocycles. The highest BCUT2D eigenvalue weighted by molar-refractivity contribution is 6.33. The normalized spacial score (nSPS) is 16.1. The Bertz CT molecular complexity index is 431. The number of hydrogen-bond acceptors (Lipinski definition) is 3. The minimum atomic E-state index is -0.868. The largest absolute Gasteiger partial charge is 0.465 e. The first kappa shape index (κ1) is 12.0. The minimum Gasteiger partial charge on any atom is -0.465 e. The maximum Gasteiger partial charge on any atom is 0.407 e. The van der Waals surface area contributed by atoms with Crippen molar-refractivity contribution in [1.82, 2.24) is 9.88 Å². The molecule has 0 spiro atoms. The number of piperazine rings is 1. The highest BCUT2D eigenvalue weighted by atomic mass is 35.5. The van der Waals surface area contributed by atoms with Crippen LogP contribution in [0.4, 0.5) is 10.6 Å². The molecular formula is C11H14ClN3O2. The number of hydrogen-bond donors (Lipinski definition) is 1. The molecule has 1 N–H and O–H groups in total. The van der Waals surface area contributed by atoms with Crippen molar-refractivity contribution in [3.05, 3.63) is 22.8 Å². The van der Waals surface area contributed by atoms with Crippen LogP contribution < -0.4 is 4.90 Å². The molecule has 0 atom stereocenters. The maximum absolute atomic E-state index is 10.8. The molecule has 2 heterocycles. The molecule has 0 radical (unpaired) electrons. The Kier molecular flexibility index (Phi) is 3.38. The zero-order valence-corrected chi connectivity index (χ0v) is 10.3. The number of carbonyl (C=O) groups is 1. The van der Waals surface area contributed by atoms with E-state index in [1.165, 1.54) is 4.90 Å². The van der Waals surface area contributed by atoms with Gasteiger partial charge >= 0.3 is 6.09 Å². The number of nitrogens with zero attached hydrogens (tertiary/aromatic N) is 3. The van der Waals surface area contributed by atoms with Crippen LogP contribution in [0.25, 0.3) is 0 Å². The fourth-order valence-electron chi connectivity index (χ4n) is 1.87. The van der Waals surface area contributed by atoms with Gasteiger partial charge in [0.25, 0.3) is 0 Å². The lowest BCUT2D eigenvalue weighted by Gasteiger charge is -2.34. The van der Waals surface area contributed by atoms with E-state index in [1.807, 2.05) is 17.9 Å². The molecule has 6 heteroatoms. The van der Waals surface area contributed by atoms with E-state index in [2.05, 4.69) is 4.98 Å². The van der Waals surface area contributed by atoms with Crippen LogP contribution in [0.2, 0.25) is 5.02 Å². The van der Waals surface area contributed by atoms with Crippen LogP contribution in [0.15, 0.2) is 12.3 Å². The molecule has 1 amide bonds. The molecule has 5 nitrogen and oxygen atoms in total. The van der Waals surface area contributed by atoms with Crippen LogP contribution in [0, 0.1) is 6.92 Å². The van der Waals surface area contributed by atoms with Crippen LogP contribution in [0.3, 0.4) is 0 Å². The van der Waals surface area contributed by atoms with Gasteiger partial charge in [0.1, 0.15) is 5.82 Å². The Balaban J connectivity index is 2.08. The van der Waals surface area contributed by atoms with E-state index < -0.39 is 6.09 Å². The second-order valence-corrected chi connectivity index (χ2v) is 4.48. The molecule has 0 aromatic carbocycles. The van der Waals surface area contributed by atoms with Crippen molar-refractivity contribution in [1.29, 1.82) is 0 Å². The minimum absolute atomic E-state index is 0.487. The van der Waals surface area contributed by atoms with Crippen molar-refractivity contribution in [2.75, 3.05) is 31.1 Å². The van der Waals surface area contributed by atoms with E-state index in [1.54, 1.807) is 6.20 Å². The van der Waals surface area contributed by atoms with Crippen molar-refractivity contribution in [2.24, 2.45) is 0 Å². The summed E-state index contributed by atoms with van der Waals surface area (Å²) in [5.74, 6) is 0.738. The van der Waals surface area contributed by atoms with E-state index >= 15 is 0 Å². The van der Waals surface area contributed by atoms with E-state index in [0.717, 1.165) is 11.4 Å². The number of pyridine rings is 1. The summed E-state index contributed by atoms with van der Waals surface area (Å²) >= 11 is 6.13. The molecule has 2 rings (SSSR count). The predicted octanol–water partition coefficient (Wildman–Crippen LogP) is 1.84. The number of halogens is 1. The number of amides is 1. The lowest BCUT2D eigenvalue weighted by atomic mass is 10.3. The Labute approximate surface area is 105 Å². The zero-order valence-electron chi connectivity index (χ0n) is 9.56. The van der Waals surface area contributed by atoms with Gasteiger partial charge in [-0.15, -0.1) is 0 Å². The number of rotatable bonds is 1. The summed E-state index contributed by atoms with van der Waals surface area (Å²) in [5, 5.41) is 9.47. The lowest BCUT2D eigenvalue weighted by Crippen LogP contribution is -2.48. The highest BCUT2D eigenvalue weighted by Crippen LogP contribution is 2.24. The Morgan fingerprint density at radius 2 is 2.06 bits per heavy atom. The number of aromatic nitrogens is 1. The molecule has 1 aliphatic rings. The van der Waals surface area contributed by atoms with Crippen LogP contribution in [0.1, 0.15) is 5.56 Å². The van der Waals surface area contributed by atoms with Crippen molar-refractivity contribution in [3.63, 3.8) is 0 Å². The second kappa shape index (κ2) is 4.79. The van der Waals surface area contributed by atoms with Gasteiger partial charge in [-0.1, -0.05) is 11.6 Å². The summed E-state index contributed by atoms with van der Waals surface area (Å²) in [6.07, 6.45) is 0.901. The third kappa shape index (κ3) is 2.61. The molecule has 92 valence electrons. The predicted molar refractivity (Wildman–Crippen MR) is 65.8 cm³/mol. The molecule has 0 bridgehead atoms. The molecule has 1 aliphatic heterocycles. The fourth-order valence-corrected chi connectivity index (χ4v) is 2.21. The van der Waals surface area contributed by atoms with Crippen molar-refractivity contribution in [2.45, 2.75) is 6.92 Å². The lowest BCUT2D eigenvalue weighted by molar-refractivity contribution is 0.142. The second-order valence-electron chi connectivity index (χ2n) is 4.07. The van der Waals surface area contributed by atoms with Gasteiger partial charge in [-0.05, 0) is 18.6 Å². The summed E-state index contributed by atoms with van der Waals surface area (Å²) < 4.78 is 0. The molecule has 0 unspecified atom stereocenters. The summed E-state index contributed by atoms with van der Waals surface area (Å²) in [7, 11) is 0. The zero-order chi connectivity index (χ0) is 12.4. The van der Waals surface area contributed by atoms with E-state index in [9.17, 15) is 4.79 Å². The Hall–Kier alpha value is -1.49. The summed E-state index contributed by atoms with van der Waals surface area (Å²) in [6.45, 7) is 4.16. The van der Waals surface area contributed by atoms with Gasteiger partial charge in [-0.3, -0.25) is 0 Å². The van der Waals surface area contributed by atoms with Crippen molar-refractivity contribution >= 4 is 23.5 Å². The van der Waals surface area contributed by atoms with Crippen LogP contribution in [-0.4, -0.2) is 47.3 Å². The van der Waals surface area contributed by atoms with E-state index in [0.29, 0.717) is 31.2 Å². The highest BCUT2D eigenvalue weighted by Gasteiger charge is 2.22. The van der Waals surface area contributed by atoms with E-state index in [4.69, 9.17) is 16.7 Å². The van der Waals surface area contributed by atoms with Gasteiger partial charge in [0.05, 0.1) is 5.02 Å². The topological polar surface area (TPSA) is 56.7 Å². The van der Waals surface area contributed by atoms with Crippen molar-refractivity contribution in [3.8, 4) is 0 Å². The number of aryl methyl sites for hydroxylation is 1. The van der Waals surface area contributed by atoms with Gasteiger partial charge in [0.2, 0.25) is 0 Å². The van der Waals surface area contributed by atoms with Crippen LogP contribution >= 0.6 is 11.6 Å². The first-order chi connectivity index (χ1) is 8.08.